The van der Waals surface area contributed by atoms with Crippen LogP contribution in [0.2, 0.25) is 0 Å². The summed E-state index contributed by atoms with van der Waals surface area (Å²) >= 11 is 5.90. The van der Waals surface area contributed by atoms with Crippen LogP contribution in [0.15, 0.2) is 30.3 Å². The van der Waals surface area contributed by atoms with Gasteiger partial charge in [-0.15, -0.1) is 11.6 Å². The maximum Gasteiger partial charge on any atom is 0.132 e. The molecule has 1 aliphatic heterocycles. The first-order chi connectivity index (χ1) is 9.78. The fourth-order valence-corrected chi connectivity index (χ4v) is 3.49. The van der Waals surface area contributed by atoms with Crippen LogP contribution < -0.4 is 4.90 Å². The largest absolute Gasteiger partial charge is 0.356 e. The van der Waals surface area contributed by atoms with Crippen LogP contribution in [0, 0.1) is 12.8 Å². The summed E-state index contributed by atoms with van der Waals surface area (Å²) in [6.07, 6.45) is 3.66. The van der Waals surface area contributed by atoms with Gasteiger partial charge in [0.25, 0.3) is 0 Å². The first-order valence-corrected chi connectivity index (χ1v) is 7.98. The number of hydrogen-bond donors (Lipinski definition) is 0. The summed E-state index contributed by atoms with van der Waals surface area (Å²) in [5.74, 6) is 2.64. The Morgan fingerprint density at radius 3 is 3.05 bits per heavy atom. The first kappa shape index (κ1) is 13.7. The van der Waals surface area contributed by atoms with Gasteiger partial charge in [0.2, 0.25) is 0 Å². The summed E-state index contributed by atoms with van der Waals surface area (Å²) in [5, 5.41) is 1.23. The van der Waals surface area contributed by atoms with Crippen molar-refractivity contribution in [1.29, 1.82) is 0 Å². The van der Waals surface area contributed by atoms with Crippen LogP contribution in [-0.4, -0.2) is 24.0 Å². The second-order valence-corrected chi connectivity index (χ2v) is 6.13. The van der Waals surface area contributed by atoms with E-state index in [9.17, 15) is 0 Å². The molecular formula is C17H21ClN2. The number of halogens is 1. The minimum atomic E-state index is 0.717. The summed E-state index contributed by atoms with van der Waals surface area (Å²) < 4.78 is 0. The van der Waals surface area contributed by atoms with Crippen molar-refractivity contribution in [2.75, 3.05) is 23.9 Å². The van der Waals surface area contributed by atoms with Gasteiger partial charge in [0.15, 0.2) is 0 Å². The minimum absolute atomic E-state index is 0.717. The van der Waals surface area contributed by atoms with Crippen molar-refractivity contribution in [3.63, 3.8) is 0 Å². The molecule has 0 N–H and O–H groups in total. The van der Waals surface area contributed by atoms with Gasteiger partial charge < -0.3 is 4.90 Å². The van der Waals surface area contributed by atoms with Gasteiger partial charge in [0, 0.05) is 24.4 Å². The van der Waals surface area contributed by atoms with Gasteiger partial charge in [-0.25, -0.2) is 4.98 Å². The van der Waals surface area contributed by atoms with Crippen molar-refractivity contribution in [2.24, 2.45) is 5.92 Å². The molecule has 0 saturated carbocycles. The van der Waals surface area contributed by atoms with Crippen molar-refractivity contribution in [2.45, 2.75) is 26.2 Å². The molecule has 0 amide bonds. The van der Waals surface area contributed by atoms with Crippen molar-refractivity contribution >= 4 is 28.3 Å². The van der Waals surface area contributed by atoms with Gasteiger partial charge in [-0.3, -0.25) is 0 Å². The van der Waals surface area contributed by atoms with E-state index in [1.54, 1.807) is 0 Å². The number of piperidine rings is 1. The molecule has 2 aromatic rings. The Morgan fingerprint density at radius 2 is 2.20 bits per heavy atom. The lowest BCUT2D eigenvalue weighted by atomic mass is 9.95. The molecule has 20 heavy (non-hydrogen) atoms. The predicted octanol–water partition coefficient (Wildman–Crippen LogP) is 4.39. The lowest BCUT2D eigenvalue weighted by Crippen LogP contribution is -2.36. The maximum atomic E-state index is 5.90. The van der Waals surface area contributed by atoms with Gasteiger partial charge in [-0.2, -0.15) is 0 Å². The Kier molecular flexibility index (Phi) is 4.11. The number of aryl methyl sites for hydroxylation is 1. The van der Waals surface area contributed by atoms with Crippen LogP contribution in [0.3, 0.4) is 0 Å². The average Bonchev–Trinajstić information content (AvgIpc) is 2.47. The number of alkyl halides is 1. The Hall–Kier alpha value is -1.28. The molecule has 1 unspecified atom stereocenters. The van der Waals surface area contributed by atoms with E-state index in [1.165, 1.54) is 23.8 Å². The number of hydrogen-bond acceptors (Lipinski definition) is 2. The third-order valence-corrected chi connectivity index (χ3v) is 4.44. The lowest BCUT2D eigenvalue weighted by molar-refractivity contribution is 0.404. The molecule has 1 aromatic heterocycles. The van der Waals surface area contributed by atoms with Crippen LogP contribution in [0.4, 0.5) is 5.82 Å². The third kappa shape index (κ3) is 2.76. The number of pyridine rings is 1. The zero-order valence-electron chi connectivity index (χ0n) is 12.0. The van der Waals surface area contributed by atoms with E-state index in [0.717, 1.165) is 36.7 Å². The Balaban J connectivity index is 1.90. The van der Waals surface area contributed by atoms with E-state index in [0.29, 0.717) is 5.92 Å². The Labute approximate surface area is 125 Å². The van der Waals surface area contributed by atoms with E-state index in [2.05, 4.69) is 42.2 Å². The molecule has 1 aromatic carbocycles. The van der Waals surface area contributed by atoms with Crippen LogP contribution in [0.1, 0.15) is 24.8 Å². The van der Waals surface area contributed by atoms with Crippen LogP contribution in [-0.2, 0) is 0 Å². The molecule has 106 valence electrons. The van der Waals surface area contributed by atoms with Crippen LogP contribution >= 0.6 is 11.6 Å². The average molecular weight is 289 g/mol. The van der Waals surface area contributed by atoms with Gasteiger partial charge in [0.05, 0.1) is 5.52 Å². The van der Waals surface area contributed by atoms with Crippen molar-refractivity contribution < 1.29 is 0 Å². The quantitative estimate of drug-likeness (QED) is 0.779. The van der Waals surface area contributed by atoms with Gasteiger partial charge in [-0.05, 0) is 49.8 Å². The van der Waals surface area contributed by atoms with E-state index >= 15 is 0 Å². The highest BCUT2D eigenvalue weighted by atomic mass is 35.5. The summed E-state index contributed by atoms with van der Waals surface area (Å²) in [5.41, 5.74) is 2.36. The summed E-state index contributed by atoms with van der Waals surface area (Å²) in [7, 11) is 0. The second kappa shape index (κ2) is 6.01. The monoisotopic (exact) mass is 288 g/mol. The molecule has 1 atom stereocenters. The molecule has 0 bridgehead atoms. The Bertz CT molecular complexity index is 595. The number of fused-ring (bicyclic) bond motifs is 1. The predicted molar refractivity (Wildman–Crippen MR) is 86.8 cm³/mol. The van der Waals surface area contributed by atoms with Crippen molar-refractivity contribution in [1.82, 2.24) is 4.98 Å². The molecule has 2 heterocycles. The zero-order chi connectivity index (χ0) is 13.9. The molecule has 0 radical (unpaired) electrons. The highest BCUT2D eigenvalue weighted by Crippen LogP contribution is 2.28. The lowest BCUT2D eigenvalue weighted by Gasteiger charge is -2.34. The number of para-hydroxylation sites is 1. The Morgan fingerprint density at radius 1 is 1.35 bits per heavy atom. The normalized spacial score (nSPS) is 19.5. The highest BCUT2D eigenvalue weighted by molar-refractivity contribution is 6.17. The molecule has 3 heteroatoms. The van der Waals surface area contributed by atoms with Crippen LogP contribution in [0.25, 0.3) is 10.9 Å². The van der Waals surface area contributed by atoms with Crippen LogP contribution in [0.5, 0.6) is 0 Å². The zero-order valence-corrected chi connectivity index (χ0v) is 12.7. The number of nitrogens with zero attached hydrogens (tertiary/aromatic N) is 2. The number of aromatic nitrogens is 1. The minimum Gasteiger partial charge on any atom is -0.356 e. The highest BCUT2D eigenvalue weighted by Gasteiger charge is 2.21. The molecule has 0 spiro atoms. The maximum absolute atomic E-state index is 5.90. The van der Waals surface area contributed by atoms with Gasteiger partial charge >= 0.3 is 0 Å². The molecule has 1 saturated heterocycles. The fraction of sp³-hybridized carbons (Fsp3) is 0.471. The fourth-order valence-electron chi connectivity index (χ4n) is 3.18. The molecule has 3 rings (SSSR count). The number of benzene rings is 1. The topological polar surface area (TPSA) is 16.1 Å². The summed E-state index contributed by atoms with van der Waals surface area (Å²) in [6.45, 7) is 4.38. The van der Waals surface area contributed by atoms with E-state index in [1.807, 2.05) is 0 Å². The molecule has 0 aliphatic carbocycles. The van der Waals surface area contributed by atoms with Gasteiger partial charge in [-0.1, -0.05) is 18.2 Å². The molecule has 1 aliphatic rings. The third-order valence-electron chi connectivity index (χ3n) is 4.22. The smallest absolute Gasteiger partial charge is 0.132 e. The standard InChI is InChI=1S/C17H21ClN2/c1-13-11-15-6-2-3-7-16(15)19-17(13)20-10-4-5-14(12-20)8-9-18/h2-3,6-7,11,14H,4-5,8-10,12H2,1H3. The number of rotatable bonds is 3. The summed E-state index contributed by atoms with van der Waals surface area (Å²) in [6, 6.07) is 10.6. The SMILES string of the molecule is Cc1cc2ccccc2nc1N1CCCC(CCCl)C1. The summed E-state index contributed by atoms with van der Waals surface area (Å²) in [4.78, 5) is 7.33. The van der Waals surface area contributed by atoms with Crippen molar-refractivity contribution in [3.05, 3.63) is 35.9 Å². The van der Waals surface area contributed by atoms with E-state index in [-0.39, 0.29) is 0 Å². The first-order valence-electron chi connectivity index (χ1n) is 7.45. The second-order valence-electron chi connectivity index (χ2n) is 5.75. The van der Waals surface area contributed by atoms with Gasteiger partial charge in [0.1, 0.15) is 5.82 Å². The molecular weight excluding hydrogens is 268 g/mol. The molecule has 2 nitrogen and oxygen atoms in total. The van der Waals surface area contributed by atoms with E-state index < -0.39 is 0 Å². The van der Waals surface area contributed by atoms with Crippen molar-refractivity contribution in [3.8, 4) is 0 Å². The number of anilines is 1. The molecule has 1 fully saturated rings. The van der Waals surface area contributed by atoms with E-state index in [4.69, 9.17) is 16.6 Å².